The van der Waals surface area contributed by atoms with Gasteiger partial charge in [-0.25, -0.2) is 0 Å². The summed E-state index contributed by atoms with van der Waals surface area (Å²) in [5.41, 5.74) is 1.52. The van der Waals surface area contributed by atoms with Crippen LogP contribution >= 0.6 is 0 Å². The van der Waals surface area contributed by atoms with Crippen molar-refractivity contribution in [1.29, 1.82) is 0 Å². The quantitative estimate of drug-likeness (QED) is 0.614. The Hall–Kier alpha value is -2.80. The molecule has 0 bridgehead atoms. The fourth-order valence-electron chi connectivity index (χ4n) is 3.01. The van der Waals surface area contributed by atoms with E-state index in [2.05, 4.69) is 0 Å². The summed E-state index contributed by atoms with van der Waals surface area (Å²) in [7, 11) is 5.11. The third-order valence-corrected chi connectivity index (χ3v) is 4.83. The molecular formula is C22H31N3O4. The van der Waals surface area contributed by atoms with Crippen molar-refractivity contribution in [3.63, 3.8) is 0 Å². The number of carbonyl (C=O) groups excluding carboxylic acids is 2. The van der Waals surface area contributed by atoms with E-state index in [1.54, 1.807) is 48.3 Å². The van der Waals surface area contributed by atoms with Crippen LogP contribution in [0.4, 0.5) is 0 Å². The van der Waals surface area contributed by atoms with Gasteiger partial charge in [0.2, 0.25) is 5.91 Å². The Balaban J connectivity index is 2.18. The summed E-state index contributed by atoms with van der Waals surface area (Å²) in [5, 5.41) is 0. The fraction of sp³-hybridized carbons (Fsp3) is 0.455. The molecule has 2 aromatic rings. The van der Waals surface area contributed by atoms with Gasteiger partial charge in [0.1, 0.15) is 12.3 Å². The SMILES string of the molecule is COCCN(Cc1cccn1C)C(=O)CN(C(=O)c1cccc(OC)c1)C(C)C. The number of carbonyl (C=O) groups is 2. The van der Waals surface area contributed by atoms with Crippen molar-refractivity contribution in [2.75, 3.05) is 33.9 Å². The van der Waals surface area contributed by atoms with Crippen LogP contribution in [0.2, 0.25) is 0 Å². The van der Waals surface area contributed by atoms with E-state index >= 15 is 0 Å². The normalized spacial score (nSPS) is 10.8. The van der Waals surface area contributed by atoms with Crippen LogP contribution in [-0.2, 0) is 23.1 Å². The van der Waals surface area contributed by atoms with E-state index in [9.17, 15) is 9.59 Å². The van der Waals surface area contributed by atoms with Gasteiger partial charge in [-0.15, -0.1) is 0 Å². The molecule has 2 rings (SSSR count). The first-order chi connectivity index (χ1) is 13.9. The number of amides is 2. The highest BCUT2D eigenvalue weighted by Crippen LogP contribution is 2.16. The second kappa shape index (κ2) is 10.7. The molecule has 0 saturated heterocycles. The molecule has 1 heterocycles. The lowest BCUT2D eigenvalue weighted by atomic mass is 10.1. The zero-order valence-corrected chi connectivity index (χ0v) is 17.9. The Morgan fingerprint density at radius 2 is 1.90 bits per heavy atom. The van der Waals surface area contributed by atoms with Gasteiger partial charge in [-0.1, -0.05) is 6.07 Å². The van der Waals surface area contributed by atoms with Gasteiger partial charge in [0.25, 0.3) is 5.91 Å². The maximum Gasteiger partial charge on any atom is 0.254 e. The summed E-state index contributed by atoms with van der Waals surface area (Å²) in [5.74, 6) is 0.294. The summed E-state index contributed by atoms with van der Waals surface area (Å²) in [6.07, 6.45) is 1.95. The minimum absolute atomic E-state index is 0.00183. The van der Waals surface area contributed by atoms with Crippen LogP contribution in [0.15, 0.2) is 42.6 Å². The van der Waals surface area contributed by atoms with Crippen molar-refractivity contribution < 1.29 is 19.1 Å². The number of aromatic nitrogens is 1. The molecule has 0 atom stereocenters. The van der Waals surface area contributed by atoms with Crippen LogP contribution in [0.5, 0.6) is 5.75 Å². The van der Waals surface area contributed by atoms with E-state index in [4.69, 9.17) is 9.47 Å². The number of benzene rings is 1. The molecule has 0 radical (unpaired) electrons. The molecule has 0 aliphatic rings. The van der Waals surface area contributed by atoms with Gasteiger partial charge >= 0.3 is 0 Å². The summed E-state index contributed by atoms with van der Waals surface area (Å²) in [4.78, 5) is 29.5. The predicted molar refractivity (Wildman–Crippen MR) is 112 cm³/mol. The summed E-state index contributed by atoms with van der Waals surface area (Å²) >= 11 is 0. The molecule has 0 fully saturated rings. The molecule has 0 aliphatic carbocycles. The minimum Gasteiger partial charge on any atom is -0.497 e. The number of rotatable bonds is 10. The second-order valence-electron chi connectivity index (χ2n) is 7.18. The van der Waals surface area contributed by atoms with Gasteiger partial charge < -0.3 is 23.8 Å². The average molecular weight is 402 g/mol. The Morgan fingerprint density at radius 1 is 1.14 bits per heavy atom. The average Bonchev–Trinajstić information content (AvgIpc) is 3.12. The van der Waals surface area contributed by atoms with Crippen molar-refractivity contribution in [2.24, 2.45) is 7.05 Å². The molecule has 7 nitrogen and oxygen atoms in total. The second-order valence-corrected chi connectivity index (χ2v) is 7.18. The third kappa shape index (κ3) is 6.09. The standard InChI is InChI=1S/C22H31N3O4/c1-17(2)25(22(27)18-8-6-10-20(14-18)29-5)16-21(26)24(12-13-28-4)15-19-9-7-11-23(19)3/h6-11,14,17H,12-13,15-16H2,1-5H3. The van der Waals surface area contributed by atoms with Crippen LogP contribution in [-0.4, -0.2) is 66.1 Å². The lowest BCUT2D eigenvalue weighted by Crippen LogP contribution is -2.46. The highest BCUT2D eigenvalue weighted by atomic mass is 16.5. The first-order valence-corrected chi connectivity index (χ1v) is 9.69. The van der Waals surface area contributed by atoms with Crippen LogP contribution in [0.3, 0.4) is 0 Å². The summed E-state index contributed by atoms with van der Waals surface area (Å²) < 4.78 is 12.4. The molecule has 0 N–H and O–H groups in total. The van der Waals surface area contributed by atoms with E-state index in [1.165, 1.54) is 0 Å². The summed E-state index contributed by atoms with van der Waals surface area (Å²) in [6.45, 7) is 5.17. The van der Waals surface area contributed by atoms with Crippen LogP contribution in [0.25, 0.3) is 0 Å². The maximum atomic E-state index is 13.1. The molecule has 7 heteroatoms. The molecule has 0 spiro atoms. The van der Waals surface area contributed by atoms with Crippen LogP contribution < -0.4 is 4.74 Å². The molecule has 158 valence electrons. The van der Waals surface area contributed by atoms with E-state index < -0.39 is 0 Å². The van der Waals surface area contributed by atoms with E-state index in [0.29, 0.717) is 31.0 Å². The van der Waals surface area contributed by atoms with Crippen LogP contribution in [0, 0.1) is 0 Å². The molecule has 0 aliphatic heterocycles. The number of aryl methyl sites for hydroxylation is 1. The first kappa shape index (κ1) is 22.5. The lowest BCUT2D eigenvalue weighted by molar-refractivity contribution is -0.133. The molecule has 1 aromatic heterocycles. The van der Waals surface area contributed by atoms with Gasteiger partial charge in [0.15, 0.2) is 0 Å². The molecule has 1 aromatic carbocycles. The maximum absolute atomic E-state index is 13.1. The lowest BCUT2D eigenvalue weighted by Gasteiger charge is -2.30. The van der Waals surface area contributed by atoms with E-state index in [1.807, 2.05) is 43.8 Å². The van der Waals surface area contributed by atoms with E-state index in [-0.39, 0.29) is 24.4 Å². The number of hydrogen-bond donors (Lipinski definition) is 0. The molecule has 29 heavy (non-hydrogen) atoms. The molecular weight excluding hydrogens is 370 g/mol. The van der Waals surface area contributed by atoms with Gasteiger partial charge in [-0.05, 0) is 44.2 Å². The Morgan fingerprint density at radius 3 is 2.48 bits per heavy atom. The summed E-state index contributed by atoms with van der Waals surface area (Å²) in [6, 6.07) is 10.8. The monoisotopic (exact) mass is 401 g/mol. The minimum atomic E-state index is -0.196. The highest BCUT2D eigenvalue weighted by Gasteiger charge is 2.25. The van der Waals surface area contributed by atoms with Crippen molar-refractivity contribution in [2.45, 2.75) is 26.4 Å². The third-order valence-electron chi connectivity index (χ3n) is 4.83. The van der Waals surface area contributed by atoms with Crippen molar-refractivity contribution in [1.82, 2.24) is 14.4 Å². The van der Waals surface area contributed by atoms with Crippen molar-refractivity contribution >= 4 is 11.8 Å². The van der Waals surface area contributed by atoms with Crippen molar-refractivity contribution in [3.05, 3.63) is 53.9 Å². The fourth-order valence-corrected chi connectivity index (χ4v) is 3.01. The first-order valence-electron chi connectivity index (χ1n) is 9.69. The predicted octanol–water partition coefficient (Wildman–Crippen LogP) is 2.56. The molecule has 0 unspecified atom stereocenters. The largest absolute Gasteiger partial charge is 0.497 e. The zero-order valence-electron chi connectivity index (χ0n) is 17.9. The smallest absolute Gasteiger partial charge is 0.254 e. The number of nitrogens with zero attached hydrogens (tertiary/aromatic N) is 3. The van der Waals surface area contributed by atoms with Crippen LogP contribution in [0.1, 0.15) is 29.9 Å². The molecule has 0 saturated carbocycles. The molecule has 2 amide bonds. The van der Waals surface area contributed by atoms with Gasteiger partial charge in [-0.2, -0.15) is 0 Å². The Kier molecular flexibility index (Phi) is 8.27. The zero-order chi connectivity index (χ0) is 21.4. The highest BCUT2D eigenvalue weighted by molar-refractivity contribution is 5.97. The topological polar surface area (TPSA) is 64.0 Å². The van der Waals surface area contributed by atoms with Gasteiger partial charge in [-0.3, -0.25) is 9.59 Å². The number of hydrogen-bond acceptors (Lipinski definition) is 4. The number of methoxy groups -OCH3 is 2. The van der Waals surface area contributed by atoms with Gasteiger partial charge in [0, 0.05) is 44.2 Å². The Labute approximate surface area is 172 Å². The Bertz CT molecular complexity index is 816. The van der Waals surface area contributed by atoms with E-state index in [0.717, 1.165) is 5.69 Å². The number of ether oxygens (including phenoxy) is 2. The van der Waals surface area contributed by atoms with Gasteiger partial charge in [0.05, 0.1) is 20.3 Å². The van der Waals surface area contributed by atoms with Crippen molar-refractivity contribution in [3.8, 4) is 5.75 Å².